The van der Waals surface area contributed by atoms with Crippen molar-refractivity contribution >= 4 is 15.7 Å². The summed E-state index contributed by atoms with van der Waals surface area (Å²) in [5, 5.41) is 4.57. The van der Waals surface area contributed by atoms with Crippen LogP contribution in [-0.2, 0) is 10.0 Å². The third-order valence-corrected chi connectivity index (χ3v) is 6.72. The Bertz CT molecular complexity index is 1140. The number of hydrogen-bond donors (Lipinski definition) is 0. The molecule has 1 aliphatic heterocycles. The van der Waals surface area contributed by atoms with Gasteiger partial charge in [-0.2, -0.15) is 17.9 Å². The highest BCUT2D eigenvalue weighted by Gasteiger charge is 2.37. The Morgan fingerprint density at radius 1 is 0.966 bits per heavy atom. The molecule has 4 rings (SSSR count). The van der Waals surface area contributed by atoms with E-state index in [0.29, 0.717) is 12.2 Å². The zero-order chi connectivity index (χ0) is 20.4. The molecule has 0 N–H and O–H groups in total. The predicted octanol–water partition coefficient (Wildman–Crippen LogP) is 4.54. The quantitative estimate of drug-likeness (QED) is 0.625. The first-order valence-electron chi connectivity index (χ1n) is 9.37. The van der Waals surface area contributed by atoms with Crippen molar-refractivity contribution in [3.63, 3.8) is 0 Å². The predicted molar refractivity (Wildman–Crippen MR) is 114 cm³/mol. The van der Waals surface area contributed by atoms with Crippen LogP contribution in [0.5, 0.6) is 5.75 Å². The summed E-state index contributed by atoms with van der Waals surface area (Å²) in [5.41, 5.74) is 3.66. The van der Waals surface area contributed by atoms with Gasteiger partial charge in [0.2, 0.25) is 0 Å². The number of hydrazone groups is 1. The standard InChI is InChI=1S/C23H22N2O3S/c1-17-11-13-18(14-12-17)22-16-23(19-7-6-8-20(15-19)28-2)25(24-22)29(26,27)21-9-4-3-5-10-21/h3-15,23H,16H2,1-2H3/t23-/m0/s1. The van der Waals surface area contributed by atoms with E-state index in [9.17, 15) is 8.42 Å². The second kappa shape index (κ2) is 7.72. The molecule has 1 atom stereocenters. The highest BCUT2D eigenvalue weighted by Crippen LogP contribution is 2.38. The SMILES string of the molecule is COc1cccc([C@@H]2CC(c3ccc(C)cc3)=NN2S(=O)(=O)c2ccccc2)c1. The van der Waals surface area contributed by atoms with Gasteiger partial charge in [-0.1, -0.05) is 60.2 Å². The smallest absolute Gasteiger partial charge is 0.279 e. The second-order valence-electron chi connectivity index (χ2n) is 7.00. The highest BCUT2D eigenvalue weighted by molar-refractivity contribution is 7.89. The lowest BCUT2D eigenvalue weighted by molar-refractivity contribution is 0.368. The molecule has 0 fully saturated rings. The first kappa shape index (κ1) is 19.2. The largest absolute Gasteiger partial charge is 0.497 e. The van der Waals surface area contributed by atoms with Gasteiger partial charge in [0.1, 0.15) is 5.75 Å². The number of ether oxygens (including phenoxy) is 1. The molecule has 29 heavy (non-hydrogen) atoms. The highest BCUT2D eigenvalue weighted by atomic mass is 32.2. The molecule has 148 valence electrons. The molecule has 3 aromatic carbocycles. The van der Waals surface area contributed by atoms with E-state index < -0.39 is 16.1 Å². The van der Waals surface area contributed by atoms with Crippen LogP contribution in [0, 0.1) is 6.92 Å². The third kappa shape index (κ3) is 3.76. The summed E-state index contributed by atoms with van der Waals surface area (Å²) in [6.45, 7) is 2.02. The lowest BCUT2D eigenvalue weighted by atomic mass is 9.98. The molecule has 1 aliphatic rings. The zero-order valence-corrected chi connectivity index (χ0v) is 17.1. The Labute approximate surface area is 171 Å². The van der Waals surface area contributed by atoms with E-state index in [-0.39, 0.29) is 4.90 Å². The van der Waals surface area contributed by atoms with E-state index in [1.807, 2.05) is 55.5 Å². The number of nitrogens with zero attached hydrogens (tertiary/aromatic N) is 2. The minimum Gasteiger partial charge on any atom is -0.497 e. The fraction of sp³-hybridized carbons (Fsp3) is 0.174. The molecule has 5 nitrogen and oxygen atoms in total. The number of hydrogen-bond acceptors (Lipinski definition) is 4. The van der Waals surface area contributed by atoms with Crippen LogP contribution >= 0.6 is 0 Å². The first-order valence-corrected chi connectivity index (χ1v) is 10.8. The summed E-state index contributed by atoms with van der Waals surface area (Å²) in [4.78, 5) is 0.224. The molecule has 0 aromatic heterocycles. The maximum absolute atomic E-state index is 13.4. The average molecular weight is 407 g/mol. The van der Waals surface area contributed by atoms with Crippen molar-refractivity contribution in [2.75, 3.05) is 7.11 Å². The van der Waals surface area contributed by atoms with Gasteiger partial charge in [-0.25, -0.2) is 0 Å². The summed E-state index contributed by atoms with van der Waals surface area (Å²) >= 11 is 0. The van der Waals surface area contributed by atoms with Crippen LogP contribution in [0.2, 0.25) is 0 Å². The fourth-order valence-corrected chi connectivity index (χ4v) is 4.88. The number of sulfonamides is 1. The van der Waals surface area contributed by atoms with Crippen LogP contribution in [0.1, 0.15) is 29.2 Å². The molecule has 0 unspecified atom stereocenters. The van der Waals surface area contributed by atoms with Gasteiger partial charge in [0, 0.05) is 6.42 Å². The van der Waals surface area contributed by atoms with Crippen molar-refractivity contribution in [3.8, 4) is 5.75 Å². The van der Waals surface area contributed by atoms with Crippen molar-refractivity contribution < 1.29 is 13.2 Å². The van der Waals surface area contributed by atoms with Crippen LogP contribution in [0.3, 0.4) is 0 Å². The Morgan fingerprint density at radius 3 is 2.38 bits per heavy atom. The maximum atomic E-state index is 13.4. The molecule has 0 amide bonds. The van der Waals surface area contributed by atoms with E-state index in [2.05, 4.69) is 5.10 Å². The normalized spacial score (nSPS) is 16.6. The molecular weight excluding hydrogens is 384 g/mol. The molecule has 0 radical (unpaired) electrons. The van der Waals surface area contributed by atoms with E-state index in [1.54, 1.807) is 37.4 Å². The lowest BCUT2D eigenvalue weighted by Gasteiger charge is -2.23. The Balaban J connectivity index is 1.80. The van der Waals surface area contributed by atoms with Crippen LogP contribution in [0.15, 0.2) is 88.9 Å². The Morgan fingerprint density at radius 2 is 1.69 bits per heavy atom. The molecule has 1 heterocycles. The van der Waals surface area contributed by atoms with E-state index >= 15 is 0 Å². The van der Waals surface area contributed by atoms with Crippen LogP contribution in [0.25, 0.3) is 0 Å². The molecule has 0 saturated carbocycles. The van der Waals surface area contributed by atoms with E-state index in [4.69, 9.17) is 4.74 Å². The van der Waals surface area contributed by atoms with E-state index in [1.165, 1.54) is 4.41 Å². The van der Waals surface area contributed by atoms with Crippen LogP contribution < -0.4 is 4.74 Å². The molecular formula is C23H22N2O3S. The first-order chi connectivity index (χ1) is 14.0. The Hall–Kier alpha value is -3.12. The zero-order valence-electron chi connectivity index (χ0n) is 16.3. The van der Waals surface area contributed by atoms with Gasteiger partial charge in [-0.15, -0.1) is 0 Å². The number of methoxy groups -OCH3 is 1. The second-order valence-corrected chi connectivity index (χ2v) is 8.80. The summed E-state index contributed by atoms with van der Waals surface area (Å²) in [5.74, 6) is 0.684. The monoisotopic (exact) mass is 406 g/mol. The van der Waals surface area contributed by atoms with Crippen molar-refractivity contribution in [2.45, 2.75) is 24.3 Å². The van der Waals surface area contributed by atoms with Gasteiger partial charge in [0.05, 0.1) is 23.8 Å². The summed E-state index contributed by atoms with van der Waals surface area (Å²) < 4.78 is 33.4. The third-order valence-electron chi connectivity index (χ3n) is 5.02. The van der Waals surface area contributed by atoms with Gasteiger partial charge < -0.3 is 4.74 Å². The number of aryl methyl sites for hydroxylation is 1. The minimum atomic E-state index is -3.80. The summed E-state index contributed by atoms with van der Waals surface area (Å²) in [6.07, 6.45) is 0.488. The topological polar surface area (TPSA) is 59.0 Å². The minimum absolute atomic E-state index is 0.224. The van der Waals surface area contributed by atoms with Gasteiger partial charge in [0.25, 0.3) is 10.0 Å². The molecule has 0 saturated heterocycles. The lowest BCUT2D eigenvalue weighted by Crippen LogP contribution is -2.27. The number of rotatable bonds is 5. The summed E-state index contributed by atoms with van der Waals surface area (Å²) in [7, 11) is -2.20. The van der Waals surface area contributed by atoms with Gasteiger partial charge >= 0.3 is 0 Å². The molecule has 3 aromatic rings. The van der Waals surface area contributed by atoms with Crippen molar-refractivity contribution in [1.82, 2.24) is 4.41 Å². The molecule has 0 spiro atoms. The van der Waals surface area contributed by atoms with Crippen molar-refractivity contribution in [2.24, 2.45) is 5.10 Å². The molecule has 0 bridgehead atoms. The van der Waals surface area contributed by atoms with Gasteiger partial charge in [-0.3, -0.25) is 0 Å². The molecule has 0 aliphatic carbocycles. The maximum Gasteiger partial charge on any atom is 0.279 e. The van der Waals surface area contributed by atoms with Crippen LogP contribution in [-0.4, -0.2) is 25.7 Å². The number of benzene rings is 3. The van der Waals surface area contributed by atoms with E-state index in [0.717, 1.165) is 22.4 Å². The van der Waals surface area contributed by atoms with Gasteiger partial charge in [0.15, 0.2) is 0 Å². The van der Waals surface area contributed by atoms with Crippen molar-refractivity contribution in [3.05, 3.63) is 95.6 Å². The summed E-state index contributed by atoms with van der Waals surface area (Å²) in [6, 6.07) is 23.4. The molecule has 6 heteroatoms. The van der Waals surface area contributed by atoms with Gasteiger partial charge in [-0.05, 0) is 42.3 Å². The van der Waals surface area contributed by atoms with Crippen LogP contribution in [0.4, 0.5) is 0 Å². The fourth-order valence-electron chi connectivity index (χ4n) is 3.43. The van der Waals surface area contributed by atoms with Crippen molar-refractivity contribution in [1.29, 1.82) is 0 Å². The average Bonchev–Trinajstić information content (AvgIpc) is 3.21. The Kier molecular flexibility index (Phi) is 5.11.